The molecule has 0 spiro atoms. The van der Waals surface area contributed by atoms with Gasteiger partial charge in [0.05, 0.1) is 19.1 Å². The largest absolute Gasteiger partial charge is 0.496 e. The van der Waals surface area contributed by atoms with Crippen LogP contribution in [0.1, 0.15) is 18.4 Å². The second kappa shape index (κ2) is 5.00. The van der Waals surface area contributed by atoms with Crippen molar-refractivity contribution in [2.24, 2.45) is 0 Å². The van der Waals surface area contributed by atoms with E-state index in [-0.39, 0.29) is 12.2 Å². The Labute approximate surface area is 105 Å². The summed E-state index contributed by atoms with van der Waals surface area (Å²) >= 11 is 0. The molecular weight excluding hydrogens is 232 g/mol. The van der Waals surface area contributed by atoms with E-state index in [0.717, 1.165) is 11.1 Å². The standard InChI is InChI=1S/C13H14N2O3/c1-8-4-5-10(11(6-8)17-3)13-14-12(18-15-13)7-9(2)16/h4-6H,7H2,1-3H3. The highest BCUT2D eigenvalue weighted by Crippen LogP contribution is 2.28. The first-order valence-corrected chi connectivity index (χ1v) is 5.57. The Morgan fingerprint density at radius 1 is 1.44 bits per heavy atom. The summed E-state index contributed by atoms with van der Waals surface area (Å²) < 4.78 is 10.3. The minimum absolute atomic E-state index is 0.0129. The summed E-state index contributed by atoms with van der Waals surface area (Å²) in [6.07, 6.45) is 0.154. The third-order valence-electron chi connectivity index (χ3n) is 2.47. The molecule has 0 saturated carbocycles. The number of ketones is 1. The lowest BCUT2D eigenvalue weighted by Gasteiger charge is -2.05. The minimum atomic E-state index is -0.0129. The zero-order valence-corrected chi connectivity index (χ0v) is 10.6. The molecule has 0 N–H and O–H groups in total. The molecule has 0 aliphatic heterocycles. The molecule has 94 valence electrons. The number of Topliss-reactive ketones (excluding diaryl/α,β-unsaturated/α-hetero) is 1. The van der Waals surface area contributed by atoms with Crippen LogP contribution in [0.25, 0.3) is 11.4 Å². The molecule has 18 heavy (non-hydrogen) atoms. The van der Waals surface area contributed by atoms with Gasteiger partial charge in [-0.05, 0) is 31.5 Å². The van der Waals surface area contributed by atoms with Crippen LogP contribution in [0, 0.1) is 6.92 Å². The van der Waals surface area contributed by atoms with E-state index in [1.807, 2.05) is 25.1 Å². The predicted molar refractivity (Wildman–Crippen MR) is 65.4 cm³/mol. The van der Waals surface area contributed by atoms with Crippen molar-refractivity contribution < 1.29 is 14.1 Å². The number of hydrogen-bond donors (Lipinski definition) is 0. The number of carbonyl (C=O) groups excluding carboxylic acids is 1. The number of aryl methyl sites for hydroxylation is 1. The summed E-state index contributed by atoms with van der Waals surface area (Å²) in [5.41, 5.74) is 1.84. The van der Waals surface area contributed by atoms with Gasteiger partial charge < -0.3 is 9.26 Å². The van der Waals surface area contributed by atoms with Crippen molar-refractivity contribution >= 4 is 5.78 Å². The molecule has 0 aliphatic carbocycles. The zero-order valence-electron chi connectivity index (χ0n) is 10.6. The first-order valence-electron chi connectivity index (χ1n) is 5.57. The number of ether oxygens (including phenoxy) is 1. The number of benzene rings is 1. The van der Waals surface area contributed by atoms with Gasteiger partial charge in [0.1, 0.15) is 11.5 Å². The van der Waals surface area contributed by atoms with Gasteiger partial charge in [-0.3, -0.25) is 4.79 Å². The highest BCUT2D eigenvalue weighted by molar-refractivity contribution is 5.77. The molecule has 0 aliphatic rings. The highest BCUT2D eigenvalue weighted by Gasteiger charge is 2.14. The van der Waals surface area contributed by atoms with Gasteiger partial charge in [0, 0.05) is 0 Å². The van der Waals surface area contributed by atoms with E-state index in [1.54, 1.807) is 7.11 Å². The fraction of sp³-hybridized carbons (Fsp3) is 0.308. The molecule has 0 unspecified atom stereocenters. The van der Waals surface area contributed by atoms with Gasteiger partial charge in [-0.1, -0.05) is 11.2 Å². The number of nitrogens with zero attached hydrogens (tertiary/aromatic N) is 2. The molecule has 1 aromatic carbocycles. The summed E-state index contributed by atoms with van der Waals surface area (Å²) in [6.45, 7) is 3.46. The van der Waals surface area contributed by atoms with Crippen molar-refractivity contribution in [3.63, 3.8) is 0 Å². The quantitative estimate of drug-likeness (QED) is 0.827. The smallest absolute Gasteiger partial charge is 0.234 e. The van der Waals surface area contributed by atoms with Gasteiger partial charge in [-0.2, -0.15) is 4.98 Å². The van der Waals surface area contributed by atoms with Gasteiger partial charge in [0.15, 0.2) is 0 Å². The normalized spacial score (nSPS) is 10.4. The Kier molecular flexibility index (Phi) is 3.41. The molecule has 2 rings (SSSR count). The van der Waals surface area contributed by atoms with Crippen molar-refractivity contribution in [1.82, 2.24) is 10.1 Å². The third-order valence-corrected chi connectivity index (χ3v) is 2.47. The minimum Gasteiger partial charge on any atom is -0.496 e. The second-order valence-electron chi connectivity index (χ2n) is 4.09. The first-order chi connectivity index (χ1) is 8.60. The lowest BCUT2D eigenvalue weighted by atomic mass is 10.1. The van der Waals surface area contributed by atoms with Crippen molar-refractivity contribution in [3.05, 3.63) is 29.7 Å². The predicted octanol–water partition coefficient (Wildman–Crippen LogP) is 2.19. The summed E-state index contributed by atoms with van der Waals surface area (Å²) in [5.74, 6) is 1.43. The van der Waals surface area contributed by atoms with E-state index in [0.29, 0.717) is 17.5 Å². The van der Waals surface area contributed by atoms with Crippen LogP contribution in [-0.2, 0) is 11.2 Å². The summed E-state index contributed by atoms with van der Waals surface area (Å²) in [4.78, 5) is 15.2. The molecule has 1 aromatic heterocycles. The van der Waals surface area contributed by atoms with Crippen molar-refractivity contribution in [2.75, 3.05) is 7.11 Å². The van der Waals surface area contributed by atoms with Crippen LogP contribution >= 0.6 is 0 Å². The number of rotatable bonds is 4. The van der Waals surface area contributed by atoms with Crippen LogP contribution in [0.5, 0.6) is 5.75 Å². The molecule has 2 aromatic rings. The molecule has 0 radical (unpaired) electrons. The summed E-state index contributed by atoms with van der Waals surface area (Å²) in [6, 6.07) is 5.71. The van der Waals surface area contributed by atoms with Gasteiger partial charge in [0.25, 0.3) is 0 Å². The maximum atomic E-state index is 11.0. The highest BCUT2D eigenvalue weighted by atomic mass is 16.5. The molecule has 1 heterocycles. The van der Waals surface area contributed by atoms with E-state index in [2.05, 4.69) is 10.1 Å². The Morgan fingerprint density at radius 3 is 2.89 bits per heavy atom. The Bertz CT molecular complexity index is 575. The SMILES string of the molecule is COc1cc(C)ccc1-c1noc(CC(C)=O)n1. The number of methoxy groups -OCH3 is 1. The fourth-order valence-electron chi connectivity index (χ4n) is 1.63. The van der Waals surface area contributed by atoms with Crippen molar-refractivity contribution in [1.29, 1.82) is 0 Å². The van der Waals surface area contributed by atoms with Crippen molar-refractivity contribution in [3.8, 4) is 17.1 Å². The van der Waals surface area contributed by atoms with E-state index >= 15 is 0 Å². The third kappa shape index (κ3) is 2.56. The molecule has 0 bridgehead atoms. The number of carbonyl (C=O) groups is 1. The fourth-order valence-corrected chi connectivity index (χ4v) is 1.63. The molecule has 5 nitrogen and oxygen atoms in total. The van der Waals surface area contributed by atoms with Crippen molar-refractivity contribution in [2.45, 2.75) is 20.3 Å². The lowest BCUT2D eigenvalue weighted by Crippen LogP contribution is -1.96. The van der Waals surface area contributed by atoms with Crippen LogP contribution in [0.15, 0.2) is 22.7 Å². The lowest BCUT2D eigenvalue weighted by molar-refractivity contribution is -0.116. The summed E-state index contributed by atoms with van der Waals surface area (Å²) in [5, 5.41) is 3.86. The van der Waals surface area contributed by atoms with Gasteiger partial charge in [0.2, 0.25) is 11.7 Å². The molecule has 0 fully saturated rings. The van der Waals surface area contributed by atoms with Crippen LogP contribution in [0.2, 0.25) is 0 Å². The molecule has 5 heteroatoms. The Hall–Kier alpha value is -2.17. The number of aromatic nitrogens is 2. The molecular formula is C13H14N2O3. The maximum absolute atomic E-state index is 11.0. The van der Waals surface area contributed by atoms with Gasteiger partial charge in [-0.25, -0.2) is 0 Å². The Balaban J connectivity index is 2.36. The van der Waals surface area contributed by atoms with Crippen LogP contribution in [0.4, 0.5) is 0 Å². The zero-order chi connectivity index (χ0) is 13.1. The maximum Gasteiger partial charge on any atom is 0.234 e. The van der Waals surface area contributed by atoms with E-state index < -0.39 is 0 Å². The average molecular weight is 246 g/mol. The van der Waals surface area contributed by atoms with E-state index in [1.165, 1.54) is 6.92 Å². The van der Waals surface area contributed by atoms with Crippen LogP contribution in [-0.4, -0.2) is 23.0 Å². The van der Waals surface area contributed by atoms with E-state index in [4.69, 9.17) is 9.26 Å². The van der Waals surface area contributed by atoms with Gasteiger partial charge in [-0.15, -0.1) is 0 Å². The van der Waals surface area contributed by atoms with E-state index in [9.17, 15) is 4.79 Å². The second-order valence-corrected chi connectivity index (χ2v) is 4.09. The summed E-state index contributed by atoms with van der Waals surface area (Å²) in [7, 11) is 1.59. The average Bonchev–Trinajstić information content (AvgIpc) is 2.76. The van der Waals surface area contributed by atoms with Crippen LogP contribution in [0.3, 0.4) is 0 Å². The van der Waals surface area contributed by atoms with Crippen LogP contribution < -0.4 is 4.74 Å². The molecule has 0 atom stereocenters. The molecule has 0 amide bonds. The molecule has 0 saturated heterocycles. The number of hydrogen-bond acceptors (Lipinski definition) is 5. The monoisotopic (exact) mass is 246 g/mol. The Morgan fingerprint density at radius 2 is 2.22 bits per heavy atom. The first kappa shape index (κ1) is 12.3. The topological polar surface area (TPSA) is 65.2 Å². The van der Waals surface area contributed by atoms with Gasteiger partial charge >= 0.3 is 0 Å².